The molecular formula is C13H15F3N2O2. The Kier molecular flexibility index (Phi) is 3.89. The summed E-state index contributed by atoms with van der Waals surface area (Å²) in [6, 6.07) is 0.200. The number of rotatable bonds is 1. The maximum Gasteiger partial charge on any atom is 0.257 e. The molecule has 1 aromatic carbocycles. The highest BCUT2D eigenvalue weighted by atomic mass is 19.2. The number of piperidine rings is 1. The quantitative estimate of drug-likeness (QED) is 0.772. The van der Waals surface area contributed by atoms with Crippen LogP contribution < -0.4 is 5.73 Å². The maximum atomic E-state index is 13.7. The maximum absolute atomic E-state index is 13.7. The van der Waals surface area contributed by atoms with Crippen LogP contribution in [-0.4, -0.2) is 35.0 Å². The summed E-state index contributed by atoms with van der Waals surface area (Å²) < 4.78 is 39.9. The molecule has 1 heterocycles. The predicted octanol–water partition coefficient (Wildman–Crippen LogP) is 1.62. The number of phenolic OH excluding ortho intramolecular Hbond substituents is 1. The highest BCUT2D eigenvalue weighted by Crippen LogP contribution is 2.27. The van der Waals surface area contributed by atoms with E-state index < -0.39 is 34.7 Å². The van der Waals surface area contributed by atoms with Crippen molar-refractivity contribution >= 4 is 5.91 Å². The highest BCUT2D eigenvalue weighted by molar-refractivity contribution is 5.95. The summed E-state index contributed by atoms with van der Waals surface area (Å²) in [7, 11) is 0. The van der Waals surface area contributed by atoms with E-state index in [1.807, 2.05) is 6.92 Å². The van der Waals surface area contributed by atoms with Gasteiger partial charge in [-0.15, -0.1) is 0 Å². The number of halogens is 3. The number of amides is 1. The van der Waals surface area contributed by atoms with Gasteiger partial charge >= 0.3 is 0 Å². The van der Waals surface area contributed by atoms with Gasteiger partial charge in [0.15, 0.2) is 17.4 Å². The smallest absolute Gasteiger partial charge is 0.257 e. The van der Waals surface area contributed by atoms with E-state index in [0.29, 0.717) is 19.0 Å². The van der Waals surface area contributed by atoms with Crippen molar-refractivity contribution < 1.29 is 23.1 Å². The summed E-state index contributed by atoms with van der Waals surface area (Å²) >= 11 is 0. The first-order valence-corrected chi connectivity index (χ1v) is 6.24. The molecule has 1 saturated heterocycles. The molecule has 1 aliphatic rings. The number of hydrogen-bond donors (Lipinski definition) is 2. The number of hydrogen-bond acceptors (Lipinski definition) is 3. The van der Waals surface area contributed by atoms with E-state index in [4.69, 9.17) is 10.8 Å². The number of phenols is 1. The van der Waals surface area contributed by atoms with Gasteiger partial charge in [-0.3, -0.25) is 4.79 Å². The van der Waals surface area contributed by atoms with E-state index in [2.05, 4.69) is 0 Å². The molecule has 20 heavy (non-hydrogen) atoms. The Morgan fingerprint density at radius 3 is 2.65 bits per heavy atom. The van der Waals surface area contributed by atoms with Gasteiger partial charge in [0.25, 0.3) is 5.91 Å². The van der Waals surface area contributed by atoms with E-state index in [9.17, 15) is 18.0 Å². The number of nitrogens with two attached hydrogens (primary N) is 1. The van der Waals surface area contributed by atoms with Gasteiger partial charge in [0.1, 0.15) is 0 Å². The first kappa shape index (κ1) is 14.6. The lowest BCUT2D eigenvalue weighted by Crippen LogP contribution is -2.49. The third-order valence-electron chi connectivity index (χ3n) is 3.67. The Balaban J connectivity index is 2.30. The molecule has 2 atom stereocenters. The molecule has 2 unspecified atom stereocenters. The molecule has 1 amide bonds. The van der Waals surface area contributed by atoms with E-state index in [1.165, 1.54) is 4.90 Å². The lowest BCUT2D eigenvalue weighted by molar-refractivity contribution is 0.0666. The fourth-order valence-electron chi connectivity index (χ4n) is 2.20. The summed E-state index contributed by atoms with van der Waals surface area (Å²) in [5.41, 5.74) is 5.14. The van der Waals surface area contributed by atoms with Crippen LogP contribution in [0.1, 0.15) is 23.7 Å². The standard InChI is InChI=1S/C13H15F3N2O2/c1-6-2-3-18(5-9(6)17)13(20)7-4-8(14)11(16)12(19)10(7)15/h4,6,9,19H,2-3,5,17H2,1H3. The van der Waals surface area contributed by atoms with E-state index >= 15 is 0 Å². The minimum absolute atomic E-state index is 0.208. The molecule has 1 fully saturated rings. The van der Waals surface area contributed by atoms with Crippen LogP contribution in [0.15, 0.2) is 6.07 Å². The van der Waals surface area contributed by atoms with Gasteiger partial charge in [0, 0.05) is 19.1 Å². The summed E-state index contributed by atoms with van der Waals surface area (Å²) in [4.78, 5) is 13.4. The van der Waals surface area contributed by atoms with Gasteiger partial charge in [-0.1, -0.05) is 6.92 Å². The van der Waals surface area contributed by atoms with Crippen molar-refractivity contribution in [3.63, 3.8) is 0 Å². The van der Waals surface area contributed by atoms with Gasteiger partial charge in [-0.2, -0.15) is 4.39 Å². The van der Waals surface area contributed by atoms with Crippen molar-refractivity contribution in [1.82, 2.24) is 4.90 Å². The van der Waals surface area contributed by atoms with Crippen LogP contribution in [-0.2, 0) is 0 Å². The lowest BCUT2D eigenvalue weighted by Gasteiger charge is -2.35. The van der Waals surface area contributed by atoms with Crippen molar-refractivity contribution in [2.75, 3.05) is 13.1 Å². The predicted molar refractivity (Wildman–Crippen MR) is 65.6 cm³/mol. The number of carbonyl (C=O) groups excluding carboxylic acids is 1. The molecule has 7 heteroatoms. The van der Waals surface area contributed by atoms with Crippen LogP contribution in [0, 0.1) is 23.4 Å². The number of benzene rings is 1. The molecule has 1 aromatic rings. The fourth-order valence-corrected chi connectivity index (χ4v) is 2.20. The molecule has 0 radical (unpaired) electrons. The highest BCUT2D eigenvalue weighted by Gasteiger charge is 2.30. The third kappa shape index (κ3) is 2.45. The Morgan fingerprint density at radius 1 is 1.40 bits per heavy atom. The molecule has 0 aliphatic carbocycles. The van der Waals surface area contributed by atoms with Crippen LogP contribution in [0.3, 0.4) is 0 Å². The summed E-state index contributed by atoms with van der Waals surface area (Å²) in [5, 5.41) is 9.12. The molecular weight excluding hydrogens is 273 g/mol. The number of carbonyl (C=O) groups is 1. The zero-order valence-corrected chi connectivity index (χ0v) is 10.9. The monoisotopic (exact) mass is 288 g/mol. The summed E-state index contributed by atoms with van der Waals surface area (Å²) in [6.45, 7) is 2.50. The zero-order valence-electron chi connectivity index (χ0n) is 10.9. The molecule has 4 nitrogen and oxygen atoms in total. The molecule has 1 aliphatic heterocycles. The van der Waals surface area contributed by atoms with Crippen molar-refractivity contribution in [2.45, 2.75) is 19.4 Å². The summed E-state index contributed by atoms with van der Waals surface area (Å²) in [5.74, 6) is -6.70. The van der Waals surface area contributed by atoms with Crippen molar-refractivity contribution in [3.8, 4) is 5.75 Å². The van der Waals surface area contributed by atoms with Crippen molar-refractivity contribution in [1.29, 1.82) is 0 Å². The first-order chi connectivity index (χ1) is 9.32. The largest absolute Gasteiger partial charge is 0.503 e. The van der Waals surface area contributed by atoms with Gasteiger partial charge in [-0.05, 0) is 18.4 Å². The van der Waals surface area contributed by atoms with E-state index in [1.54, 1.807) is 0 Å². The van der Waals surface area contributed by atoms with E-state index in [0.717, 1.165) is 0 Å². The molecule has 0 spiro atoms. The van der Waals surface area contributed by atoms with Gasteiger partial charge in [-0.25, -0.2) is 8.78 Å². The second-order valence-corrected chi connectivity index (χ2v) is 5.06. The van der Waals surface area contributed by atoms with Crippen molar-refractivity contribution in [3.05, 3.63) is 29.1 Å². The van der Waals surface area contributed by atoms with Crippen LogP contribution in [0.25, 0.3) is 0 Å². The number of nitrogens with zero attached hydrogens (tertiary/aromatic N) is 1. The minimum atomic E-state index is -1.71. The van der Waals surface area contributed by atoms with Crippen LogP contribution in [0.2, 0.25) is 0 Å². The molecule has 0 bridgehead atoms. The molecule has 3 N–H and O–H groups in total. The third-order valence-corrected chi connectivity index (χ3v) is 3.67. The minimum Gasteiger partial charge on any atom is -0.503 e. The first-order valence-electron chi connectivity index (χ1n) is 6.24. The van der Waals surface area contributed by atoms with Gasteiger partial charge in [0.2, 0.25) is 5.82 Å². The fraction of sp³-hybridized carbons (Fsp3) is 0.462. The van der Waals surface area contributed by atoms with Gasteiger partial charge < -0.3 is 15.7 Å². The van der Waals surface area contributed by atoms with Crippen LogP contribution in [0.5, 0.6) is 5.75 Å². The Morgan fingerprint density at radius 2 is 2.05 bits per heavy atom. The molecule has 2 rings (SSSR count). The van der Waals surface area contributed by atoms with Crippen LogP contribution in [0.4, 0.5) is 13.2 Å². The molecule has 110 valence electrons. The Hall–Kier alpha value is -1.76. The Bertz CT molecular complexity index is 551. The summed E-state index contributed by atoms with van der Waals surface area (Å²) in [6.07, 6.45) is 0.643. The molecule has 0 saturated carbocycles. The average molecular weight is 288 g/mol. The second-order valence-electron chi connectivity index (χ2n) is 5.06. The molecule has 0 aromatic heterocycles. The number of likely N-dealkylation sites (tertiary alicyclic amines) is 1. The van der Waals surface area contributed by atoms with Crippen molar-refractivity contribution in [2.24, 2.45) is 11.7 Å². The number of aromatic hydroxyl groups is 1. The second kappa shape index (κ2) is 5.32. The van der Waals surface area contributed by atoms with E-state index in [-0.39, 0.29) is 18.5 Å². The normalized spacial score (nSPS) is 22.9. The van der Waals surface area contributed by atoms with Crippen LogP contribution >= 0.6 is 0 Å². The Labute approximate surface area is 114 Å². The van der Waals surface area contributed by atoms with Gasteiger partial charge in [0.05, 0.1) is 5.56 Å². The average Bonchev–Trinajstić information content (AvgIpc) is 2.43. The lowest BCUT2D eigenvalue weighted by atomic mass is 9.94. The topological polar surface area (TPSA) is 66.6 Å². The zero-order chi connectivity index (χ0) is 15.0. The SMILES string of the molecule is CC1CCN(C(=O)c2cc(F)c(F)c(O)c2F)CC1N.